The number of hydrogen-bond donors (Lipinski definition) is 2. The number of hydrogen-bond acceptors (Lipinski definition) is 2. The van der Waals surface area contributed by atoms with Crippen LogP contribution >= 0.6 is 0 Å². The van der Waals surface area contributed by atoms with Crippen LogP contribution in [0.15, 0.2) is 54.6 Å². The van der Waals surface area contributed by atoms with Crippen molar-refractivity contribution < 1.29 is 9.59 Å². The number of benzene rings is 2. The number of anilines is 1. The van der Waals surface area contributed by atoms with Gasteiger partial charge < -0.3 is 11.1 Å². The molecule has 21 heavy (non-hydrogen) atoms. The van der Waals surface area contributed by atoms with Gasteiger partial charge in [0.05, 0.1) is 0 Å². The van der Waals surface area contributed by atoms with Crippen molar-refractivity contribution in [2.24, 2.45) is 11.7 Å². The van der Waals surface area contributed by atoms with Gasteiger partial charge in [-0.15, -0.1) is 0 Å². The van der Waals surface area contributed by atoms with Gasteiger partial charge in [-0.1, -0.05) is 30.3 Å². The summed E-state index contributed by atoms with van der Waals surface area (Å²) in [5.74, 6) is -0.103. The second-order valence-corrected chi connectivity index (χ2v) is 5.29. The number of rotatable bonds is 4. The molecule has 0 aliphatic heterocycles. The quantitative estimate of drug-likeness (QED) is 0.903. The van der Waals surface area contributed by atoms with Crippen LogP contribution in [0.25, 0.3) is 0 Å². The highest BCUT2D eigenvalue weighted by molar-refractivity contribution is 5.96. The Morgan fingerprint density at radius 3 is 2.29 bits per heavy atom. The minimum atomic E-state index is -0.473. The van der Waals surface area contributed by atoms with Crippen molar-refractivity contribution in [3.05, 3.63) is 65.7 Å². The topological polar surface area (TPSA) is 72.2 Å². The van der Waals surface area contributed by atoms with E-state index >= 15 is 0 Å². The molecule has 2 amide bonds. The van der Waals surface area contributed by atoms with E-state index in [1.807, 2.05) is 18.2 Å². The molecule has 0 spiro atoms. The first-order valence-electron chi connectivity index (χ1n) is 6.91. The molecule has 1 aliphatic carbocycles. The van der Waals surface area contributed by atoms with Crippen LogP contribution in [0.4, 0.5) is 5.69 Å². The van der Waals surface area contributed by atoms with Gasteiger partial charge in [0.25, 0.3) is 0 Å². The smallest absolute Gasteiger partial charge is 0.248 e. The van der Waals surface area contributed by atoms with Crippen molar-refractivity contribution in [2.75, 3.05) is 5.32 Å². The van der Waals surface area contributed by atoms with Gasteiger partial charge in [0.2, 0.25) is 11.8 Å². The fourth-order valence-corrected chi connectivity index (χ4v) is 2.51. The molecule has 1 aliphatic rings. The third-order valence-electron chi connectivity index (χ3n) is 3.79. The summed E-state index contributed by atoms with van der Waals surface area (Å²) in [5, 5.41) is 2.88. The first-order valence-corrected chi connectivity index (χ1v) is 6.91. The van der Waals surface area contributed by atoms with Gasteiger partial charge >= 0.3 is 0 Å². The lowest BCUT2D eigenvalue weighted by Gasteiger charge is -2.05. The van der Waals surface area contributed by atoms with Crippen LogP contribution in [0.1, 0.15) is 28.3 Å². The number of primary amides is 1. The van der Waals surface area contributed by atoms with Crippen molar-refractivity contribution in [1.29, 1.82) is 0 Å². The highest BCUT2D eigenvalue weighted by Gasteiger charge is 2.43. The molecule has 0 saturated heterocycles. The lowest BCUT2D eigenvalue weighted by atomic mass is 10.1. The zero-order valence-electron chi connectivity index (χ0n) is 11.5. The monoisotopic (exact) mass is 280 g/mol. The minimum absolute atomic E-state index is 0.0238. The van der Waals surface area contributed by atoms with Gasteiger partial charge in [-0.25, -0.2) is 0 Å². The van der Waals surface area contributed by atoms with Crippen molar-refractivity contribution in [2.45, 2.75) is 12.3 Å². The molecule has 2 aromatic carbocycles. The molecule has 2 aromatic rings. The highest BCUT2D eigenvalue weighted by atomic mass is 16.2. The van der Waals surface area contributed by atoms with E-state index in [1.54, 1.807) is 24.3 Å². The molecular formula is C17H16N2O2. The van der Waals surface area contributed by atoms with Crippen molar-refractivity contribution >= 4 is 17.5 Å². The first kappa shape index (κ1) is 13.4. The van der Waals surface area contributed by atoms with Crippen LogP contribution in [0.2, 0.25) is 0 Å². The number of carbonyl (C=O) groups excluding carboxylic acids is 2. The Labute approximate surface area is 123 Å². The lowest BCUT2D eigenvalue weighted by molar-refractivity contribution is -0.117. The minimum Gasteiger partial charge on any atom is -0.366 e. The van der Waals surface area contributed by atoms with E-state index in [4.69, 9.17) is 5.73 Å². The highest BCUT2D eigenvalue weighted by Crippen LogP contribution is 2.47. The average Bonchev–Trinajstić information content (AvgIpc) is 3.29. The summed E-state index contributed by atoms with van der Waals surface area (Å²) < 4.78 is 0. The Balaban J connectivity index is 1.62. The summed E-state index contributed by atoms with van der Waals surface area (Å²) in [7, 11) is 0. The van der Waals surface area contributed by atoms with Gasteiger partial charge in [0.15, 0.2) is 0 Å². The Morgan fingerprint density at radius 2 is 1.67 bits per heavy atom. The van der Waals surface area contributed by atoms with Crippen LogP contribution in [-0.2, 0) is 4.79 Å². The van der Waals surface area contributed by atoms with E-state index in [2.05, 4.69) is 17.4 Å². The Hall–Kier alpha value is -2.62. The van der Waals surface area contributed by atoms with E-state index < -0.39 is 5.91 Å². The average molecular weight is 280 g/mol. The summed E-state index contributed by atoms with van der Waals surface area (Å²) in [6, 6.07) is 16.7. The molecular weight excluding hydrogens is 264 g/mol. The molecule has 0 aromatic heterocycles. The molecule has 0 bridgehead atoms. The van der Waals surface area contributed by atoms with E-state index in [0.29, 0.717) is 17.2 Å². The van der Waals surface area contributed by atoms with Gasteiger partial charge in [-0.3, -0.25) is 9.59 Å². The van der Waals surface area contributed by atoms with Gasteiger partial charge in [-0.2, -0.15) is 0 Å². The third-order valence-corrected chi connectivity index (χ3v) is 3.79. The molecule has 1 fully saturated rings. The Kier molecular flexibility index (Phi) is 3.44. The van der Waals surface area contributed by atoms with Crippen LogP contribution in [0.3, 0.4) is 0 Å². The molecule has 0 heterocycles. The first-order chi connectivity index (χ1) is 10.1. The summed E-state index contributed by atoms with van der Waals surface area (Å²) in [5.41, 5.74) is 7.51. The molecule has 106 valence electrons. The number of nitrogens with one attached hydrogen (secondary N) is 1. The predicted octanol–water partition coefficient (Wildman–Crippen LogP) is 2.53. The van der Waals surface area contributed by atoms with E-state index in [0.717, 1.165) is 6.42 Å². The predicted molar refractivity (Wildman–Crippen MR) is 80.9 cm³/mol. The summed E-state index contributed by atoms with van der Waals surface area (Å²) >= 11 is 0. The van der Waals surface area contributed by atoms with Crippen LogP contribution in [-0.4, -0.2) is 11.8 Å². The lowest BCUT2D eigenvalue weighted by Crippen LogP contribution is -2.15. The number of carbonyl (C=O) groups is 2. The normalized spacial score (nSPS) is 19.8. The summed E-state index contributed by atoms with van der Waals surface area (Å²) in [6.07, 6.45) is 0.884. The van der Waals surface area contributed by atoms with Crippen LogP contribution in [0.5, 0.6) is 0 Å². The van der Waals surface area contributed by atoms with E-state index in [9.17, 15) is 9.59 Å². The van der Waals surface area contributed by atoms with Crippen molar-refractivity contribution in [3.8, 4) is 0 Å². The molecule has 3 N–H and O–H groups in total. The zero-order valence-corrected chi connectivity index (χ0v) is 11.5. The van der Waals surface area contributed by atoms with Gasteiger partial charge in [-0.05, 0) is 42.2 Å². The summed E-state index contributed by atoms with van der Waals surface area (Å²) in [4.78, 5) is 23.2. The maximum absolute atomic E-state index is 12.2. The Bertz CT molecular complexity index is 665. The van der Waals surface area contributed by atoms with E-state index in [-0.39, 0.29) is 11.8 Å². The van der Waals surface area contributed by atoms with E-state index in [1.165, 1.54) is 5.56 Å². The number of amides is 2. The van der Waals surface area contributed by atoms with Crippen LogP contribution < -0.4 is 11.1 Å². The maximum Gasteiger partial charge on any atom is 0.248 e. The second kappa shape index (κ2) is 5.40. The third kappa shape index (κ3) is 2.94. The number of nitrogens with two attached hydrogens (primary N) is 1. The zero-order chi connectivity index (χ0) is 14.8. The molecule has 4 heteroatoms. The summed E-state index contributed by atoms with van der Waals surface area (Å²) in [6.45, 7) is 0. The fraction of sp³-hybridized carbons (Fsp3) is 0.176. The SMILES string of the molecule is NC(=O)c1ccc(NC(=O)[C@H]2C[C@H]2c2ccccc2)cc1. The van der Waals surface area contributed by atoms with Crippen LogP contribution in [0, 0.1) is 5.92 Å². The molecule has 0 unspecified atom stereocenters. The maximum atomic E-state index is 12.2. The standard InChI is InChI=1S/C17H16N2O2/c18-16(20)12-6-8-13(9-7-12)19-17(21)15-10-14(15)11-4-2-1-3-5-11/h1-9,14-15H,10H2,(H2,18,20)(H,19,21)/t14-,15-/m0/s1. The van der Waals surface area contributed by atoms with Gasteiger partial charge in [0.1, 0.15) is 0 Å². The largest absolute Gasteiger partial charge is 0.366 e. The molecule has 1 saturated carbocycles. The fourth-order valence-electron chi connectivity index (χ4n) is 2.51. The van der Waals surface area contributed by atoms with Crippen molar-refractivity contribution in [3.63, 3.8) is 0 Å². The molecule has 2 atom stereocenters. The van der Waals surface area contributed by atoms with Crippen molar-refractivity contribution in [1.82, 2.24) is 0 Å². The molecule has 3 rings (SSSR count). The van der Waals surface area contributed by atoms with Gasteiger partial charge in [0, 0.05) is 17.2 Å². The molecule has 4 nitrogen and oxygen atoms in total. The molecule has 0 radical (unpaired) electrons. The Morgan fingerprint density at radius 1 is 1.00 bits per heavy atom. The second-order valence-electron chi connectivity index (χ2n) is 5.29.